The molecule has 3 aromatic carbocycles. The lowest BCUT2D eigenvalue weighted by Crippen LogP contribution is -2.37. The molecule has 10 atom stereocenters. The topological polar surface area (TPSA) is 307 Å². The van der Waals surface area contributed by atoms with Gasteiger partial charge in [-0.2, -0.15) is 0 Å². The van der Waals surface area contributed by atoms with Crippen LogP contribution in [0.25, 0.3) is 44.8 Å². The summed E-state index contributed by atoms with van der Waals surface area (Å²) in [6.07, 6.45) is -8.49. The number of halogens is 2. The van der Waals surface area contributed by atoms with E-state index in [1.54, 1.807) is 24.3 Å². The molecule has 3 saturated heterocycles. The van der Waals surface area contributed by atoms with Gasteiger partial charge in [0.15, 0.2) is 47.7 Å². The third-order valence-corrected chi connectivity index (χ3v) is 18.9. The summed E-state index contributed by atoms with van der Waals surface area (Å²) in [5, 5.41) is 9.13. The SMILES string of the molecule is [B-][P@]1(=O)OC[C@H]2O[C@@H](n3cnc4c(N)ncnc43)[C@H](F)[C@@H]2O[P@@](=O)(SCc2ccc(OCCOCCOCCn3nnc4c3-c3ccccc3N(C(=O)CC)Cc3ccccc3-4)cc2)OC[C@H]2O[C@@H](n3cnc4c(N)ncnc43)[C@H](F)[C@@H]2O1. The Morgan fingerprint density at radius 3 is 2.02 bits per heavy atom. The highest BCUT2D eigenvalue weighted by molar-refractivity contribution is 8.54. The minimum Gasteiger partial charge on any atom is -0.491 e. The Morgan fingerprint density at radius 2 is 1.35 bits per heavy atom. The summed E-state index contributed by atoms with van der Waals surface area (Å²) in [5.41, 5.74) is 18.3. The number of ether oxygens (including phenoxy) is 5. The number of nitrogen functional groups attached to an aromatic ring is 2. The van der Waals surface area contributed by atoms with Crippen LogP contribution in [0.5, 0.6) is 5.75 Å². The van der Waals surface area contributed by atoms with Gasteiger partial charge in [-0.15, -0.1) is 5.10 Å². The van der Waals surface area contributed by atoms with E-state index < -0.39 is 76.7 Å². The average molecular weight is 1200 g/mol. The molecule has 0 spiro atoms. The van der Waals surface area contributed by atoms with Crippen molar-refractivity contribution in [2.45, 2.75) is 81.4 Å². The van der Waals surface area contributed by atoms with Gasteiger partial charge >= 0.3 is 6.80 Å². The maximum absolute atomic E-state index is 17.0. The second kappa shape index (κ2) is 24.0. The van der Waals surface area contributed by atoms with Crippen molar-refractivity contribution < 1.29 is 64.5 Å². The van der Waals surface area contributed by atoms with Gasteiger partial charge in [-0.3, -0.25) is 23.0 Å². The third kappa shape index (κ3) is 11.6. The highest BCUT2D eigenvalue weighted by atomic mass is 32.7. The van der Waals surface area contributed by atoms with Gasteiger partial charge in [-0.25, -0.2) is 47.9 Å². The molecule has 4 aliphatic rings. The van der Waals surface area contributed by atoms with Gasteiger partial charge in [0.25, 0.3) is 0 Å². The molecule has 5 aromatic heterocycles. The largest absolute Gasteiger partial charge is 0.491 e. The van der Waals surface area contributed by atoms with E-state index in [2.05, 4.69) is 40.2 Å². The molecule has 1 amide bonds. The van der Waals surface area contributed by atoms with E-state index in [4.69, 9.17) is 60.8 Å². The lowest BCUT2D eigenvalue weighted by molar-refractivity contribution is -0.118. The highest BCUT2D eigenvalue weighted by Crippen LogP contribution is 2.65. The van der Waals surface area contributed by atoms with Crippen LogP contribution < -0.4 is 21.1 Å². The molecule has 8 aromatic rings. The highest BCUT2D eigenvalue weighted by Gasteiger charge is 2.54. The summed E-state index contributed by atoms with van der Waals surface area (Å²) in [4.78, 5) is 39.7. The van der Waals surface area contributed by atoms with Gasteiger partial charge in [0, 0.05) is 23.3 Å². The maximum atomic E-state index is 17.0. The minimum atomic E-state index is -4.70. The molecule has 9 heterocycles. The van der Waals surface area contributed by atoms with Gasteiger partial charge < -0.3 is 61.2 Å². The number of hydrogen-bond donors (Lipinski definition) is 2. The van der Waals surface area contributed by atoms with Crippen molar-refractivity contribution in [1.82, 2.24) is 54.0 Å². The zero-order chi connectivity index (χ0) is 57.4. The smallest absolute Gasteiger partial charge is 0.389 e. The van der Waals surface area contributed by atoms with Crippen LogP contribution in [0.15, 0.2) is 98.1 Å². The summed E-state index contributed by atoms with van der Waals surface area (Å²) in [5.74, 6) is 0.581. The van der Waals surface area contributed by atoms with Crippen LogP contribution in [0.4, 0.5) is 26.1 Å². The van der Waals surface area contributed by atoms with Crippen LogP contribution in [0.1, 0.15) is 36.9 Å². The van der Waals surface area contributed by atoms with Gasteiger partial charge in [0.1, 0.15) is 66.2 Å². The van der Waals surface area contributed by atoms with E-state index in [9.17, 15) is 9.36 Å². The lowest BCUT2D eigenvalue weighted by Gasteiger charge is -2.35. The van der Waals surface area contributed by atoms with E-state index in [1.165, 1.54) is 21.8 Å². The van der Waals surface area contributed by atoms with Crippen LogP contribution in [0, 0.1) is 0 Å². The Hall–Kier alpha value is -6.82. The number of para-hydroxylation sites is 1. The Bertz CT molecular complexity index is 3760. The summed E-state index contributed by atoms with van der Waals surface area (Å²) < 4.78 is 120. The zero-order valence-corrected chi connectivity index (χ0v) is 46.8. The fraction of sp³-hybridized carbons (Fsp3) is 0.392. The van der Waals surface area contributed by atoms with Crippen LogP contribution >= 0.6 is 25.7 Å². The van der Waals surface area contributed by atoms with E-state index in [1.807, 2.05) is 65.0 Å². The van der Waals surface area contributed by atoms with Crippen LogP contribution in [-0.4, -0.2) is 151 Å². The van der Waals surface area contributed by atoms with E-state index in [-0.39, 0.29) is 58.8 Å². The number of imidazole rings is 2. The summed E-state index contributed by atoms with van der Waals surface area (Å²) >= 11 is 0.719. The number of carbonyl (C=O) groups excluding carboxylic acids is 1. The van der Waals surface area contributed by atoms with Gasteiger partial charge in [-0.05, 0) is 40.7 Å². The molecule has 32 heteroatoms. The molecular weight excluding hydrogens is 1140 g/mol. The van der Waals surface area contributed by atoms with Crippen molar-refractivity contribution in [2.75, 3.05) is 62.6 Å². The Morgan fingerprint density at radius 1 is 0.747 bits per heavy atom. The second-order valence-corrected chi connectivity index (χ2v) is 25.0. The number of nitrogens with zero attached hydrogens (tertiary/aromatic N) is 12. The molecular formula is C51H53BF2N14O12P2S-. The van der Waals surface area contributed by atoms with Gasteiger partial charge in [-0.1, -0.05) is 66.7 Å². The van der Waals surface area contributed by atoms with Gasteiger partial charge in [0.05, 0.1) is 84.2 Å². The predicted molar refractivity (Wildman–Crippen MR) is 297 cm³/mol. The molecule has 4 aliphatic heterocycles. The first kappa shape index (κ1) is 56.7. The first-order valence-electron chi connectivity index (χ1n) is 26.3. The Balaban J connectivity index is 0.673. The predicted octanol–water partition coefficient (Wildman–Crippen LogP) is 6.73. The number of amides is 1. The number of nitrogens with two attached hydrogens (primary N) is 2. The van der Waals surface area contributed by atoms with Crippen LogP contribution in [-0.2, 0) is 69.8 Å². The van der Waals surface area contributed by atoms with Crippen molar-refractivity contribution in [2.24, 2.45) is 0 Å². The first-order chi connectivity index (χ1) is 40.3. The molecule has 0 saturated carbocycles. The minimum absolute atomic E-state index is 0.00266. The van der Waals surface area contributed by atoms with E-state index in [0.717, 1.165) is 57.8 Å². The van der Waals surface area contributed by atoms with E-state index >= 15 is 13.3 Å². The molecule has 3 radical (unpaired) electrons. The van der Waals surface area contributed by atoms with Gasteiger partial charge in [0.2, 0.25) is 5.91 Å². The number of aromatic nitrogens is 11. The molecule has 0 aliphatic carbocycles. The molecule has 26 nitrogen and oxygen atoms in total. The number of rotatable bonds is 16. The molecule has 3 fully saturated rings. The van der Waals surface area contributed by atoms with Crippen molar-refractivity contribution in [3.63, 3.8) is 0 Å². The Labute approximate surface area is 477 Å². The fourth-order valence-electron chi connectivity index (χ4n) is 10.2. The fourth-order valence-corrected chi connectivity index (χ4v) is 14.6. The van der Waals surface area contributed by atoms with Crippen molar-refractivity contribution in [3.05, 3.63) is 109 Å². The standard InChI is InChI=1S/C51H53BF2N14O12P2S/c1-2-37(69)65-21-30-7-3-4-8-32(30)40-43(33-9-5-6-10-34(33)65)68(64-63-40)15-16-72-17-18-73-19-20-74-31-13-11-29(12-14-31)24-83-82(71)76-23-36-44(38(53)50(78-36)66-27-61-41-46(55)57-25-59-48(41)66)79-81(52,70)75-22-35-45(80-82)39(54)51(77-35)67-28-62-42-47(56)58-26-60-49(42)67/h3-14,25-28,35-36,38-39,44-45,50-51H,2,15-24H2,1H3,(H2,55,57,59)(H2,56,58,60)/q-1/t35-,36-,38-,39-,44-,45-,50-,51-,81+,82+/m1/s1. The average Bonchev–Trinajstić information content (AvgIpc) is 3.07. The molecule has 0 bridgehead atoms. The third-order valence-electron chi connectivity index (χ3n) is 14.2. The zero-order valence-electron chi connectivity index (χ0n) is 44.2. The Kier molecular flexibility index (Phi) is 16.4. The molecule has 83 heavy (non-hydrogen) atoms. The maximum Gasteiger partial charge on any atom is 0.389 e. The normalized spacial score (nSPS) is 26.2. The molecule has 433 valence electrons. The monoisotopic (exact) mass is 1200 g/mol. The lowest BCUT2D eigenvalue weighted by atomic mass is 9.95. The second-order valence-electron chi connectivity index (χ2n) is 19.4. The number of anilines is 3. The molecule has 4 N–H and O–H groups in total. The molecule has 12 rings (SSSR count). The summed E-state index contributed by atoms with van der Waals surface area (Å²) in [6, 6.07) is 22.6. The quantitative estimate of drug-likeness (QED) is 0.0575. The van der Waals surface area contributed by atoms with Crippen LogP contribution in [0.2, 0.25) is 0 Å². The van der Waals surface area contributed by atoms with Crippen LogP contribution in [0.3, 0.4) is 0 Å². The number of benzene rings is 3. The molecule has 0 unspecified atom stereocenters. The number of alkyl halides is 2. The number of fused-ring (bicyclic) bond motifs is 9. The number of carbonyl (C=O) groups is 1. The van der Waals surface area contributed by atoms with E-state index in [0.29, 0.717) is 50.6 Å². The van der Waals surface area contributed by atoms with Crippen molar-refractivity contribution in [3.8, 4) is 28.3 Å². The first-order valence-corrected chi connectivity index (χ1v) is 31.0. The summed E-state index contributed by atoms with van der Waals surface area (Å²) in [7, 11) is 1.35. The summed E-state index contributed by atoms with van der Waals surface area (Å²) in [6.45, 7) is -1.88. The van der Waals surface area contributed by atoms with Crippen molar-refractivity contribution >= 4 is 78.8 Å². The van der Waals surface area contributed by atoms with Crippen molar-refractivity contribution in [1.29, 1.82) is 0 Å². The number of hydrogen-bond acceptors (Lipinski definition) is 23.